The third-order valence-corrected chi connectivity index (χ3v) is 5.36. The van der Waals surface area contributed by atoms with E-state index >= 15 is 0 Å². The minimum atomic E-state index is -0.543. The highest BCUT2D eigenvalue weighted by Crippen LogP contribution is 2.22. The zero-order valence-corrected chi connectivity index (χ0v) is 23.0. The van der Waals surface area contributed by atoms with Crippen LogP contribution in [0.3, 0.4) is 0 Å². The number of nitrogens with zero attached hydrogens (tertiary/aromatic N) is 2. The van der Waals surface area contributed by atoms with E-state index in [2.05, 4.69) is 26.1 Å². The highest BCUT2D eigenvalue weighted by atomic mass is 35.5. The molecule has 34 heavy (non-hydrogen) atoms. The monoisotopic (exact) mass is 508 g/mol. The van der Waals surface area contributed by atoms with Crippen molar-refractivity contribution in [2.75, 3.05) is 39.4 Å². The summed E-state index contributed by atoms with van der Waals surface area (Å²) in [6, 6.07) is -0.207. The zero-order valence-electron chi connectivity index (χ0n) is 22.2. The van der Waals surface area contributed by atoms with Gasteiger partial charge in [-0.05, 0) is 31.6 Å². The molecule has 0 radical (unpaired) electrons. The number of ether oxygens (including phenoxy) is 3. The Balaban J connectivity index is 0.000000676. The lowest BCUT2D eigenvalue weighted by Gasteiger charge is -2.34. The molecule has 2 saturated heterocycles. The number of alkyl carbamates (subject to hydrolysis) is 1. The van der Waals surface area contributed by atoms with Crippen LogP contribution in [0.4, 0.5) is 14.4 Å². The van der Waals surface area contributed by atoms with Crippen LogP contribution in [0.25, 0.3) is 0 Å². The minimum absolute atomic E-state index is 0. The van der Waals surface area contributed by atoms with Crippen LogP contribution in [0, 0.1) is 10.8 Å². The predicted octanol–water partition coefficient (Wildman–Crippen LogP) is 3.61. The molecule has 0 aliphatic carbocycles. The Hall–Kier alpha value is -1.94. The van der Waals surface area contributed by atoms with Gasteiger partial charge in [-0.1, -0.05) is 41.5 Å². The van der Waals surface area contributed by atoms with Gasteiger partial charge in [0.05, 0.1) is 19.1 Å². The Labute approximate surface area is 210 Å². The van der Waals surface area contributed by atoms with Gasteiger partial charge in [-0.3, -0.25) is 0 Å². The van der Waals surface area contributed by atoms with Gasteiger partial charge >= 0.3 is 18.3 Å². The second-order valence-corrected chi connectivity index (χ2v) is 11.7. The van der Waals surface area contributed by atoms with Gasteiger partial charge in [0.25, 0.3) is 0 Å². The fourth-order valence-electron chi connectivity index (χ4n) is 2.90. The van der Waals surface area contributed by atoms with Crippen LogP contribution in [0.1, 0.15) is 62.3 Å². The maximum absolute atomic E-state index is 11.9. The van der Waals surface area contributed by atoms with E-state index in [0.29, 0.717) is 39.4 Å². The number of nitrogens with one attached hydrogen (secondary N) is 1. The van der Waals surface area contributed by atoms with Crippen molar-refractivity contribution in [2.45, 2.75) is 80.0 Å². The summed E-state index contributed by atoms with van der Waals surface area (Å²) >= 11 is 0. The molecule has 2 atom stereocenters. The van der Waals surface area contributed by atoms with E-state index in [1.165, 1.54) is 0 Å². The van der Waals surface area contributed by atoms with E-state index in [0.717, 1.165) is 0 Å². The number of carbonyl (C=O) groups excluding carboxylic acids is 3. The summed E-state index contributed by atoms with van der Waals surface area (Å²) in [5.41, 5.74) is 5.24. The fraction of sp³-hybridized carbons (Fsp3) is 0.870. The maximum atomic E-state index is 11.9. The number of amides is 3. The van der Waals surface area contributed by atoms with Gasteiger partial charge in [-0.25, -0.2) is 14.4 Å². The summed E-state index contributed by atoms with van der Waals surface area (Å²) in [5.74, 6) is 0. The van der Waals surface area contributed by atoms with Crippen molar-refractivity contribution in [2.24, 2.45) is 16.6 Å². The molecule has 0 aromatic heterocycles. The smallest absolute Gasteiger partial charge is 0.410 e. The molecule has 11 heteroatoms. The van der Waals surface area contributed by atoms with E-state index in [4.69, 9.17) is 19.9 Å². The first kappa shape index (κ1) is 32.1. The maximum Gasteiger partial charge on any atom is 0.410 e. The molecule has 3 amide bonds. The summed E-state index contributed by atoms with van der Waals surface area (Å²) in [7, 11) is 0. The number of hydrogen-bond acceptors (Lipinski definition) is 7. The molecule has 0 bridgehead atoms. The van der Waals surface area contributed by atoms with Gasteiger partial charge < -0.3 is 35.1 Å². The third kappa shape index (κ3) is 11.5. The van der Waals surface area contributed by atoms with Crippen LogP contribution in [0.15, 0.2) is 0 Å². The number of rotatable bonds is 5. The molecule has 0 aromatic rings. The Morgan fingerprint density at radius 1 is 0.912 bits per heavy atom. The highest BCUT2D eigenvalue weighted by molar-refractivity contribution is 5.85. The van der Waals surface area contributed by atoms with Crippen molar-refractivity contribution in [1.29, 1.82) is 0 Å². The van der Waals surface area contributed by atoms with Gasteiger partial charge in [-0.2, -0.15) is 0 Å². The number of hydrogen-bond donors (Lipinski definition) is 2. The molecule has 200 valence electrons. The lowest BCUT2D eigenvalue weighted by Crippen LogP contribution is -2.52. The average molecular weight is 509 g/mol. The summed E-state index contributed by atoms with van der Waals surface area (Å²) in [6.07, 6.45) is -1.03. The summed E-state index contributed by atoms with van der Waals surface area (Å²) < 4.78 is 15.0. The van der Waals surface area contributed by atoms with Gasteiger partial charge in [0.1, 0.15) is 18.8 Å². The van der Waals surface area contributed by atoms with Crippen LogP contribution in [0.2, 0.25) is 0 Å². The van der Waals surface area contributed by atoms with E-state index in [1.807, 2.05) is 41.5 Å². The molecule has 2 rings (SSSR count). The first-order valence-electron chi connectivity index (χ1n) is 11.5. The van der Waals surface area contributed by atoms with Crippen molar-refractivity contribution in [3.8, 4) is 0 Å². The van der Waals surface area contributed by atoms with Crippen molar-refractivity contribution >= 4 is 30.7 Å². The molecule has 0 unspecified atom stereocenters. The average Bonchev–Trinajstić information content (AvgIpc) is 3.20. The van der Waals surface area contributed by atoms with Crippen LogP contribution in [-0.2, 0) is 14.2 Å². The Bertz CT molecular complexity index is 684. The summed E-state index contributed by atoms with van der Waals surface area (Å²) in [5, 5.41) is 2.85. The van der Waals surface area contributed by atoms with Crippen LogP contribution >= 0.6 is 12.4 Å². The zero-order chi connectivity index (χ0) is 25.6. The fourth-order valence-corrected chi connectivity index (χ4v) is 2.90. The van der Waals surface area contributed by atoms with E-state index < -0.39 is 11.7 Å². The molecule has 0 saturated carbocycles. The normalized spacial score (nSPS) is 18.2. The molecule has 2 aliphatic heterocycles. The van der Waals surface area contributed by atoms with Crippen molar-refractivity contribution in [3.63, 3.8) is 0 Å². The van der Waals surface area contributed by atoms with E-state index in [-0.39, 0.29) is 47.5 Å². The molecular weight excluding hydrogens is 464 g/mol. The highest BCUT2D eigenvalue weighted by Gasteiger charge is 2.33. The van der Waals surface area contributed by atoms with Gasteiger partial charge in [-0.15, -0.1) is 12.4 Å². The number of halogens is 1. The molecule has 2 heterocycles. The Morgan fingerprint density at radius 2 is 1.35 bits per heavy atom. The molecule has 0 aromatic carbocycles. The van der Waals surface area contributed by atoms with Crippen molar-refractivity contribution < 1.29 is 28.6 Å². The van der Waals surface area contributed by atoms with Gasteiger partial charge in [0, 0.05) is 19.1 Å². The van der Waals surface area contributed by atoms with Crippen molar-refractivity contribution in [3.05, 3.63) is 0 Å². The minimum Gasteiger partial charge on any atom is -0.448 e. The molecule has 3 N–H and O–H groups in total. The molecule has 2 aliphatic rings. The van der Waals surface area contributed by atoms with Crippen LogP contribution < -0.4 is 11.1 Å². The van der Waals surface area contributed by atoms with E-state index in [9.17, 15) is 14.4 Å². The lowest BCUT2D eigenvalue weighted by molar-refractivity contribution is 0.0446. The van der Waals surface area contributed by atoms with Gasteiger partial charge in [0.15, 0.2) is 0 Å². The van der Waals surface area contributed by atoms with Crippen LogP contribution in [0.5, 0.6) is 0 Å². The molecule has 2 fully saturated rings. The predicted molar refractivity (Wildman–Crippen MR) is 133 cm³/mol. The number of cyclic esters (lactones) is 2. The van der Waals surface area contributed by atoms with Crippen molar-refractivity contribution in [1.82, 2.24) is 15.1 Å². The van der Waals surface area contributed by atoms with Gasteiger partial charge in [0.2, 0.25) is 0 Å². The van der Waals surface area contributed by atoms with Crippen LogP contribution in [-0.4, -0.2) is 85.2 Å². The first-order chi connectivity index (χ1) is 14.9. The molecule has 0 spiro atoms. The Kier molecular flexibility index (Phi) is 11.9. The third-order valence-electron chi connectivity index (χ3n) is 5.36. The first-order valence-corrected chi connectivity index (χ1v) is 11.5. The SMILES string of the molecule is CC(C)(C)OC(=O)N[C@H](CN1CCOC1=O)C(C)(C)C.CC(C)(C)[C@H](N)CN1CCOC1=O.Cl. The number of carbonyl (C=O) groups is 3. The summed E-state index contributed by atoms with van der Waals surface area (Å²) in [6.45, 7) is 20.8. The molecule has 10 nitrogen and oxygen atoms in total. The number of nitrogens with two attached hydrogens (primary N) is 1. The second kappa shape index (κ2) is 12.7. The quantitative estimate of drug-likeness (QED) is 0.543. The second-order valence-electron chi connectivity index (χ2n) is 11.7. The van der Waals surface area contributed by atoms with E-state index in [1.54, 1.807) is 9.80 Å². The topological polar surface area (TPSA) is 123 Å². The largest absolute Gasteiger partial charge is 0.448 e. The summed E-state index contributed by atoms with van der Waals surface area (Å²) in [4.78, 5) is 37.8. The molecular formula is C23H45ClN4O6. The standard InChI is InChI=1S/C14H26N2O4.C9H18N2O2.ClH/c1-13(2,3)10(9-16-7-8-19-12(16)18)15-11(17)20-14(4,5)6;1-9(2,3)7(10)6-11-4-5-13-8(11)12;/h10H,7-9H2,1-6H3,(H,15,17);7H,4-6,10H2,1-3H3;1H/t10-;7-;/m11./s1. The Morgan fingerprint density at radius 3 is 1.68 bits per heavy atom. The lowest BCUT2D eigenvalue weighted by atomic mass is 9.86.